The van der Waals surface area contributed by atoms with Gasteiger partial charge in [-0.3, -0.25) is 4.79 Å². The number of carbonyl (C=O) groups is 1. The third-order valence-corrected chi connectivity index (χ3v) is 2.75. The lowest BCUT2D eigenvalue weighted by molar-refractivity contribution is 0.0979. The van der Waals surface area contributed by atoms with Crippen molar-refractivity contribution in [1.29, 1.82) is 0 Å². The van der Waals surface area contributed by atoms with Gasteiger partial charge in [0.1, 0.15) is 0 Å². The van der Waals surface area contributed by atoms with Gasteiger partial charge in [0, 0.05) is 16.5 Å². The summed E-state index contributed by atoms with van der Waals surface area (Å²) < 4.78 is 0.975. The zero-order chi connectivity index (χ0) is 10.6. The first-order valence-corrected chi connectivity index (χ1v) is 5.73. The molecule has 1 aromatic rings. The van der Waals surface area contributed by atoms with Gasteiger partial charge in [-0.05, 0) is 31.0 Å². The summed E-state index contributed by atoms with van der Waals surface area (Å²) in [5.74, 6) is 0.255. The number of hydrogen-bond donors (Lipinski definition) is 0. The maximum absolute atomic E-state index is 11.8. The SMILES string of the molecule is CCCCC(=O)c1cc(Br)ccc1C. The lowest BCUT2D eigenvalue weighted by Crippen LogP contribution is -2.01. The van der Waals surface area contributed by atoms with Crippen LogP contribution in [-0.2, 0) is 0 Å². The molecular weight excluding hydrogens is 240 g/mol. The van der Waals surface area contributed by atoms with Gasteiger partial charge in [-0.1, -0.05) is 35.3 Å². The van der Waals surface area contributed by atoms with Crippen LogP contribution in [0.5, 0.6) is 0 Å². The Morgan fingerprint density at radius 3 is 2.79 bits per heavy atom. The summed E-state index contributed by atoms with van der Waals surface area (Å²) in [7, 11) is 0. The fourth-order valence-electron chi connectivity index (χ4n) is 1.37. The summed E-state index contributed by atoms with van der Waals surface area (Å²) in [4.78, 5) is 11.8. The molecule has 0 aliphatic heterocycles. The molecular formula is C12H15BrO. The highest BCUT2D eigenvalue weighted by molar-refractivity contribution is 9.10. The van der Waals surface area contributed by atoms with Crippen LogP contribution in [0.25, 0.3) is 0 Å². The average molecular weight is 255 g/mol. The van der Waals surface area contributed by atoms with Crippen LogP contribution < -0.4 is 0 Å². The molecule has 1 rings (SSSR count). The molecule has 0 unspecified atom stereocenters. The number of rotatable bonds is 4. The summed E-state index contributed by atoms with van der Waals surface area (Å²) in [6, 6.07) is 5.85. The smallest absolute Gasteiger partial charge is 0.163 e. The number of ketones is 1. The summed E-state index contributed by atoms with van der Waals surface area (Å²) in [6.45, 7) is 4.08. The Labute approximate surface area is 93.7 Å². The van der Waals surface area contributed by atoms with E-state index in [1.807, 2.05) is 25.1 Å². The van der Waals surface area contributed by atoms with Crippen molar-refractivity contribution in [2.45, 2.75) is 33.1 Å². The van der Waals surface area contributed by atoms with Crippen molar-refractivity contribution in [2.24, 2.45) is 0 Å². The van der Waals surface area contributed by atoms with Crippen molar-refractivity contribution < 1.29 is 4.79 Å². The molecule has 0 N–H and O–H groups in total. The number of aryl methyl sites for hydroxylation is 1. The fraction of sp³-hybridized carbons (Fsp3) is 0.417. The number of halogens is 1. The second-order valence-corrected chi connectivity index (χ2v) is 4.40. The van der Waals surface area contributed by atoms with E-state index >= 15 is 0 Å². The molecule has 0 saturated heterocycles. The molecule has 0 fully saturated rings. The van der Waals surface area contributed by atoms with Crippen LogP contribution in [0.4, 0.5) is 0 Å². The predicted molar refractivity (Wildman–Crippen MR) is 62.7 cm³/mol. The standard InChI is InChI=1S/C12H15BrO/c1-3-4-5-12(14)11-8-10(13)7-6-9(11)2/h6-8H,3-5H2,1-2H3. The van der Waals surface area contributed by atoms with Crippen molar-refractivity contribution in [3.05, 3.63) is 33.8 Å². The van der Waals surface area contributed by atoms with Crippen LogP contribution in [0.15, 0.2) is 22.7 Å². The molecule has 0 amide bonds. The van der Waals surface area contributed by atoms with Crippen molar-refractivity contribution in [3.8, 4) is 0 Å². The molecule has 0 saturated carbocycles. The zero-order valence-corrected chi connectivity index (χ0v) is 10.2. The Balaban J connectivity index is 2.83. The molecule has 0 bridgehead atoms. The van der Waals surface area contributed by atoms with Crippen molar-refractivity contribution in [2.75, 3.05) is 0 Å². The van der Waals surface area contributed by atoms with Crippen molar-refractivity contribution in [1.82, 2.24) is 0 Å². The van der Waals surface area contributed by atoms with Crippen LogP contribution in [0, 0.1) is 6.92 Å². The van der Waals surface area contributed by atoms with Gasteiger partial charge in [-0.2, -0.15) is 0 Å². The van der Waals surface area contributed by atoms with Gasteiger partial charge in [0.2, 0.25) is 0 Å². The van der Waals surface area contributed by atoms with E-state index in [9.17, 15) is 4.79 Å². The molecule has 0 aromatic heterocycles. The van der Waals surface area contributed by atoms with Gasteiger partial charge in [0.05, 0.1) is 0 Å². The monoisotopic (exact) mass is 254 g/mol. The van der Waals surface area contributed by atoms with E-state index in [0.717, 1.165) is 28.4 Å². The normalized spacial score (nSPS) is 10.2. The van der Waals surface area contributed by atoms with E-state index in [-0.39, 0.29) is 5.78 Å². The Hall–Kier alpha value is -0.630. The molecule has 0 aliphatic carbocycles. The molecule has 76 valence electrons. The highest BCUT2D eigenvalue weighted by atomic mass is 79.9. The second-order valence-electron chi connectivity index (χ2n) is 3.49. The summed E-state index contributed by atoms with van der Waals surface area (Å²) in [5.41, 5.74) is 1.92. The van der Waals surface area contributed by atoms with E-state index in [1.165, 1.54) is 0 Å². The molecule has 0 spiro atoms. The van der Waals surface area contributed by atoms with Gasteiger partial charge in [-0.25, -0.2) is 0 Å². The molecule has 14 heavy (non-hydrogen) atoms. The Kier molecular flexibility index (Phi) is 4.33. The van der Waals surface area contributed by atoms with Gasteiger partial charge in [-0.15, -0.1) is 0 Å². The minimum absolute atomic E-state index is 0.255. The van der Waals surface area contributed by atoms with E-state index in [0.29, 0.717) is 6.42 Å². The van der Waals surface area contributed by atoms with E-state index in [4.69, 9.17) is 0 Å². The van der Waals surface area contributed by atoms with E-state index in [1.54, 1.807) is 0 Å². The Bertz CT molecular complexity index is 331. The highest BCUT2D eigenvalue weighted by Crippen LogP contribution is 2.18. The predicted octanol–water partition coefficient (Wildman–Crippen LogP) is 4.13. The van der Waals surface area contributed by atoms with Crippen molar-refractivity contribution in [3.63, 3.8) is 0 Å². The van der Waals surface area contributed by atoms with Gasteiger partial charge in [0.25, 0.3) is 0 Å². The van der Waals surface area contributed by atoms with E-state index < -0.39 is 0 Å². The van der Waals surface area contributed by atoms with Crippen LogP contribution in [0.3, 0.4) is 0 Å². The minimum atomic E-state index is 0.255. The summed E-state index contributed by atoms with van der Waals surface area (Å²) >= 11 is 3.38. The van der Waals surface area contributed by atoms with Crippen LogP contribution in [0.1, 0.15) is 42.1 Å². The summed E-state index contributed by atoms with van der Waals surface area (Å²) in [6.07, 6.45) is 2.71. The molecule has 1 nitrogen and oxygen atoms in total. The van der Waals surface area contributed by atoms with Crippen LogP contribution in [0.2, 0.25) is 0 Å². The number of benzene rings is 1. The highest BCUT2D eigenvalue weighted by Gasteiger charge is 2.08. The first kappa shape index (κ1) is 11.4. The topological polar surface area (TPSA) is 17.1 Å². The second kappa shape index (κ2) is 5.30. The molecule has 0 atom stereocenters. The number of hydrogen-bond acceptors (Lipinski definition) is 1. The average Bonchev–Trinajstić information content (AvgIpc) is 2.18. The van der Waals surface area contributed by atoms with E-state index in [2.05, 4.69) is 22.9 Å². The molecule has 0 aliphatic rings. The number of unbranched alkanes of at least 4 members (excludes halogenated alkanes) is 1. The third-order valence-electron chi connectivity index (χ3n) is 2.26. The quantitative estimate of drug-likeness (QED) is 0.739. The Morgan fingerprint density at radius 2 is 2.14 bits per heavy atom. The largest absolute Gasteiger partial charge is 0.294 e. The third kappa shape index (κ3) is 2.95. The Morgan fingerprint density at radius 1 is 1.43 bits per heavy atom. The van der Waals surface area contributed by atoms with Crippen LogP contribution in [-0.4, -0.2) is 5.78 Å². The van der Waals surface area contributed by atoms with Gasteiger partial charge < -0.3 is 0 Å². The molecule has 0 heterocycles. The zero-order valence-electron chi connectivity index (χ0n) is 8.64. The van der Waals surface area contributed by atoms with Crippen molar-refractivity contribution >= 4 is 21.7 Å². The number of carbonyl (C=O) groups excluding carboxylic acids is 1. The lowest BCUT2D eigenvalue weighted by Gasteiger charge is -2.04. The van der Waals surface area contributed by atoms with Gasteiger partial charge in [0.15, 0.2) is 5.78 Å². The van der Waals surface area contributed by atoms with Crippen LogP contribution >= 0.6 is 15.9 Å². The minimum Gasteiger partial charge on any atom is -0.294 e. The maximum Gasteiger partial charge on any atom is 0.163 e. The first-order valence-electron chi connectivity index (χ1n) is 4.94. The first-order chi connectivity index (χ1) is 6.65. The number of Topliss-reactive ketones (excluding diaryl/α,β-unsaturated/α-hetero) is 1. The lowest BCUT2D eigenvalue weighted by atomic mass is 10.0. The molecule has 2 heteroatoms. The van der Waals surface area contributed by atoms with Gasteiger partial charge >= 0.3 is 0 Å². The summed E-state index contributed by atoms with van der Waals surface area (Å²) in [5, 5.41) is 0. The molecule has 0 radical (unpaired) electrons. The molecule has 1 aromatic carbocycles. The fourth-order valence-corrected chi connectivity index (χ4v) is 1.73. The maximum atomic E-state index is 11.8.